The van der Waals surface area contributed by atoms with Crippen molar-refractivity contribution in [3.8, 4) is 0 Å². The van der Waals surface area contributed by atoms with E-state index >= 15 is 0 Å². The number of nitrogens with one attached hydrogen (secondary N) is 2. The number of hydrogen-bond acceptors (Lipinski definition) is 54. The molecule has 0 aromatic heterocycles. The summed E-state index contributed by atoms with van der Waals surface area (Å²) in [5.74, 6) is -12.7. The molecule has 0 radical (unpaired) electrons. The summed E-state index contributed by atoms with van der Waals surface area (Å²) in [6, 6.07) is -5.62. The van der Waals surface area contributed by atoms with Crippen LogP contribution in [0, 0.1) is 0 Å². The highest BCUT2D eigenvalue weighted by Gasteiger charge is 2.65. The fraction of sp³-hybridized carbons (Fsp3) is 0.943. The molecule has 0 aliphatic carbocycles. The number of ether oxygens (including phenoxy) is 19. The van der Waals surface area contributed by atoms with Crippen LogP contribution in [0.4, 0.5) is 0 Å². The third kappa shape index (κ3) is 22.4. The van der Waals surface area contributed by atoms with E-state index < -0.39 is 421 Å². The Kier molecular flexibility index (Phi) is 37.4. The predicted octanol–water partition coefficient (Wildman–Crippen LogP) is -23.5. The Labute approximate surface area is 722 Å². The monoisotopic (exact) mass is 1880 g/mol. The molecule has 0 aromatic rings. The quantitative estimate of drug-likeness (QED) is 0.0275. The lowest BCUT2D eigenvalue weighted by Crippen LogP contribution is -2.71. The summed E-state index contributed by atoms with van der Waals surface area (Å²) in [5.41, 5.74) is 6.60. The molecule has 10 saturated heterocycles. The first kappa shape index (κ1) is 106. The maximum Gasteiger partial charge on any atom is 0.364 e. The van der Waals surface area contributed by atoms with Gasteiger partial charge in [0.25, 0.3) is 11.6 Å². The maximum absolute atomic E-state index is 13.4. The van der Waals surface area contributed by atoms with Gasteiger partial charge in [0.1, 0.15) is 226 Å². The number of hydrogen-bond donors (Lipinski definition) is 35. The first-order chi connectivity index (χ1) is 60.4. The molecule has 10 aliphatic heterocycles. The smallest absolute Gasteiger partial charge is 0.364 e. The van der Waals surface area contributed by atoms with E-state index in [1.165, 1.54) is 0 Å². The van der Waals surface area contributed by atoms with Gasteiger partial charge in [-0.1, -0.05) is 0 Å². The van der Waals surface area contributed by atoms with E-state index in [4.69, 9.17) is 95.7 Å². The van der Waals surface area contributed by atoms with E-state index in [0.717, 1.165) is 13.8 Å². The summed E-state index contributed by atoms with van der Waals surface area (Å²) in [7, 11) is 0. The molecule has 58 nitrogen and oxygen atoms in total. The molecule has 10 aliphatic rings. The van der Waals surface area contributed by atoms with Crippen molar-refractivity contribution in [3.05, 3.63) is 0 Å². The van der Waals surface area contributed by atoms with Crippen molar-refractivity contribution >= 4 is 23.8 Å². The van der Waals surface area contributed by atoms with Gasteiger partial charge in [0.05, 0.1) is 103 Å². The van der Waals surface area contributed by atoms with Gasteiger partial charge in [-0.25, -0.2) is 9.59 Å². The molecule has 742 valence electrons. The number of aliphatic carboxylic acids is 2. The van der Waals surface area contributed by atoms with Crippen LogP contribution >= 0.6 is 0 Å². The van der Waals surface area contributed by atoms with E-state index in [9.17, 15) is 183 Å². The number of carboxylic acids is 2. The van der Waals surface area contributed by atoms with Gasteiger partial charge in [-0.05, 0) is 0 Å². The van der Waals surface area contributed by atoms with Crippen molar-refractivity contribution in [1.82, 2.24) is 10.6 Å². The molecule has 2 amide bonds. The molecule has 0 saturated carbocycles. The second-order valence-corrected chi connectivity index (χ2v) is 32.3. The molecule has 36 N–H and O–H groups in total. The Morgan fingerprint density at radius 3 is 0.969 bits per heavy atom. The Hall–Kier alpha value is -4.12. The minimum absolute atomic E-state index is 0.862. The number of aliphatic hydroxyl groups is 30. The van der Waals surface area contributed by atoms with E-state index in [2.05, 4.69) is 10.6 Å². The number of carbonyl (C=O) groups is 4. The van der Waals surface area contributed by atoms with Crippen LogP contribution in [0.3, 0.4) is 0 Å². The van der Waals surface area contributed by atoms with Crippen LogP contribution in [-0.2, 0) is 109 Å². The SMILES string of the molecule is CC(=O)N[C@H]1[C@H]([C@H](O)[C@H](O)CO)O[C@@](O[C@H]2[C@@H](O)[C@@H](CO)O[C@@H](O[C@H]3[C@H](O)[C@@H](N)[C@H](O[C@H]4[C@@H](O)[C@@H](CO)O[C@@H](O[C@H]5[C@H](O)[C@@H](O)[C@H](OC[C@H]6O[C@H](CO)[C@@H](O)[C@@H]6O[C@@H]6O[C@H](CO)[C@H](O)[C@H](O[C@]7(C(=O)O)C[C@H](O)[C@@H](NC(C)=O)[C@H]([C@H](O)[C@H](O)CO)O7)[C@H]6O)O[C@@H]5CO)[C@@H]4O)O[C@@H]3CO[C@@H]3O[C@H](CO)[C@@H](O[C@@H]4O[C@H](CO)[C@H](O)[C@H](O)[C@H]4O)[C@H](O)[C@H]3O)[C@@H]2O)(C(=O)O)C[C@@H]1O. The highest BCUT2D eigenvalue weighted by Crippen LogP contribution is 2.44. The first-order valence-electron chi connectivity index (χ1n) is 40.4. The van der Waals surface area contributed by atoms with Crippen molar-refractivity contribution in [2.24, 2.45) is 5.73 Å². The second kappa shape index (κ2) is 45.2. The summed E-state index contributed by atoms with van der Waals surface area (Å²) in [6.45, 7) is -10.6. The summed E-state index contributed by atoms with van der Waals surface area (Å²) in [4.78, 5) is 51.0. The van der Waals surface area contributed by atoms with Gasteiger partial charge < -0.3 is 270 Å². The topological polar surface area (TPSA) is 941 Å². The molecule has 0 aromatic carbocycles. The minimum atomic E-state index is -3.36. The van der Waals surface area contributed by atoms with Crippen LogP contribution in [0.1, 0.15) is 26.7 Å². The number of amides is 2. The average molecular weight is 1880 g/mol. The summed E-state index contributed by atoms with van der Waals surface area (Å²) in [5, 5.41) is 357. The molecule has 10 heterocycles. The van der Waals surface area contributed by atoms with E-state index in [0.29, 0.717) is 0 Å². The van der Waals surface area contributed by atoms with Gasteiger partial charge in [0.2, 0.25) is 11.8 Å². The number of carbonyl (C=O) groups excluding carboxylic acids is 2. The number of carboxylic acid groups (broad SMARTS) is 2. The van der Waals surface area contributed by atoms with Crippen LogP contribution in [0.2, 0.25) is 0 Å². The van der Waals surface area contributed by atoms with Crippen molar-refractivity contribution in [1.29, 1.82) is 0 Å². The second-order valence-electron chi connectivity index (χ2n) is 32.3. The Morgan fingerprint density at radius 1 is 0.336 bits per heavy atom. The van der Waals surface area contributed by atoms with Crippen LogP contribution in [0.25, 0.3) is 0 Å². The van der Waals surface area contributed by atoms with Gasteiger partial charge >= 0.3 is 11.9 Å². The molecule has 51 atom stereocenters. The molecule has 0 bridgehead atoms. The number of aliphatic hydroxyl groups excluding tert-OH is 30. The standard InChI is InChI=1S/C70H117N3O55/c1-16(83)72-32-18(85)3-69(67(106)107,125-55(32)34(89)20(87)5-74)127-58-39(94)25(10-79)115-65(49(58)104)122-53-29(112-23(8-77)37(53)92)14-110-61-47(102)44(99)52(28(13-82)118-61)121-64-48(103)57(38(93)24(9-78)114-64)124-60-31(71)41(96)54(30(119-60)15-111-62-46(101)43(98)51(27(12-81)117-62)120-63-45(100)42(97)36(91)22(7-76)113-63)123-66-50(105)59(40(95)26(11-80)116-66)128-70(68(108)109)4-19(86)33(73-17(2)84)56(126-70)35(90)21(88)6-75/h18-66,74-82,85-105H,3-15,71H2,1-2H3,(H,72,83)(H,73,84)(H,106,107)(H,108,109)/t18-,19-,20+,21+,22+,23+,24+,25+,26+,27+,28+,29+,30+,31+,32+,33+,34+,35+,36-,37+,38-,39-,40-,41+,42-,43+,44+,45+,46+,47+,48+,49+,50+,51+,52+,53+,54+,55+,56+,57-,58-,59-,60-,61+,62+,63-,64-,65-,66-,69-,70-/m0/s1. The van der Waals surface area contributed by atoms with E-state index in [1.807, 2.05) is 0 Å². The molecule has 10 rings (SSSR count). The lowest BCUT2D eigenvalue weighted by Gasteiger charge is -2.51. The molecule has 0 unspecified atom stereocenters. The van der Waals surface area contributed by atoms with Crippen molar-refractivity contribution < 1.29 is 273 Å². The van der Waals surface area contributed by atoms with Crippen molar-refractivity contribution in [2.75, 3.05) is 72.7 Å². The normalized spacial score (nSPS) is 48.3. The Bertz CT molecular complexity index is 3490. The van der Waals surface area contributed by atoms with Crippen molar-refractivity contribution in [2.45, 2.75) is 338 Å². The summed E-state index contributed by atoms with van der Waals surface area (Å²) >= 11 is 0. The third-order valence-electron chi connectivity index (χ3n) is 23.6. The molecule has 58 heteroatoms. The fourth-order valence-corrected chi connectivity index (χ4v) is 16.6. The van der Waals surface area contributed by atoms with E-state index in [1.54, 1.807) is 0 Å². The predicted molar refractivity (Wildman–Crippen MR) is 388 cm³/mol. The molecule has 0 spiro atoms. The Balaban J connectivity index is 0.864. The minimum Gasteiger partial charge on any atom is -0.477 e. The van der Waals surface area contributed by atoms with Crippen LogP contribution in [0.5, 0.6) is 0 Å². The average Bonchev–Trinajstić information content (AvgIpc) is 0.774. The Morgan fingerprint density at radius 2 is 0.617 bits per heavy atom. The van der Waals surface area contributed by atoms with Gasteiger partial charge in [-0.15, -0.1) is 0 Å². The molecular formula is C70H117N3O55. The van der Waals surface area contributed by atoms with Gasteiger partial charge in [0, 0.05) is 26.7 Å². The largest absolute Gasteiger partial charge is 0.477 e. The summed E-state index contributed by atoms with van der Waals surface area (Å²) in [6.07, 6.45) is -102. The van der Waals surface area contributed by atoms with Gasteiger partial charge in [-0.3, -0.25) is 9.59 Å². The van der Waals surface area contributed by atoms with E-state index in [-0.39, 0.29) is 0 Å². The van der Waals surface area contributed by atoms with Gasteiger partial charge in [0.15, 0.2) is 44.0 Å². The lowest BCUT2D eigenvalue weighted by molar-refractivity contribution is -0.393. The highest BCUT2D eigenvalue weighted by molar-refractivity contribution is 5.77. The van der Waals surface area contributed by atoms with Crippen LogP contribution < -0.4 is 16.4 Å². The fourth-order valence-electron chi connectivity index (χ4n) is 16.6. The van der Waals surface area contributed by atoms with Gasteiger partial charge in [-0.2, -0.15) is 0 Å². The zero-order valence-electron chi connectivity index (χ0n) is 67.8. The molecular weight excluding hydrogens is 1760 g/mol. The maximum atomic E-state index is 13.4. The molecule has 128 heavy (non-hydrogen) atoms. The first-order valence-corrected chi connectivity index (χ1v) is 40.4. The highest BCUT2D eigenvalue weighted by atomic mass is 16.8. The zero-order chi connectivity index (χ0) is 94.6. The number of nitrogens with two attached hydrogens (primary N) is 1. The van der Waals surface area contributed by atoms with Crippen LogP contribution in [0.15, 0.2) is 0 Å². The third-order valence-corrected chi connectivity index (χ3v) is 23.6. The van der Waals surface area contributed by atoms with Crippen molar-refractivity contribution in [3.63, 3.8) is 0 Å². The lowest BCUT2D eigenvalue weighted by atomic mass is 9.88. The molecule has 10 fully saturated rings. The van der Waals surface area contributed by atoms with Crippen LogP contribution in [-0.4, -0.2) is 572 Å². The summed E-state index contributed by atoms with van der Waals surface area (Å²) < 4.78 is 110. The zero-order valence-corrected chi connectivity index (χ0v) is 67.8. The number of rotatable bonds is 37.